The first-order chi connectivity index (χ1) is 12.8. The number of nitrogens with one attached hydrogen (secondary N) is 1. The van der Waals surface area contributed by atoms with Crippen LogP contribution >= 0.6 is 0 Å². The molecule has 0 bridgehead atoms. The van der Waals surface area contributed by atoms with Crippen molar-refractivity contribution in [3.05, 3.63) is 69.5 Å². The quantitative estimate of drug-likeness (QED) is 0.736. The number of nitrogens with zero attached hydrogens (tertiary/aromatic N) is 1. The van der Waals surface area contributed by atoms with Crippen molar-refractivity contribution >= 4 is 22.5 Å². The van der Waals surface area contributed by atoms with Gasteiger partial charge in [-0.2, -0.15) is 0 Å². The summed E-state index contributed by atoms with van der Waals surface area (Å²) < 4.78 is 32.5. The highest BCUT2D eigenvalue weighted by molar-refractivity contribution is 6.10. The number of ether oxygens (including phenoxy) is 1. The number of carbonyl (C=O) groups excluding carboxylic acids is 1. The SMILES string of the molecule is COCc1cccc2[nH]c(=O)c(C(=O)N(C)c3cc(F)ccc3F)c(O)c12. The molecule has 2 N–H and O–H groups in total. The lowest BCUT2D eigenvalue weighted by Crippen LogP contribution is -2.32. The lowest BCUT2D eigenvalue weighted by atomic mass is 10.0. The number of carbonyl (C=O) groups is 1. The largest absolute Gasteiger partial charge is 0.506 e. The number of aromatic nitrogens is 1. The summed E-state index contributed by atoms with van der Waals surface area (Å²) in [5.74, 6) is -3.11. The third-order valence-corrected chi connectivity index (χ3v) is 4.19. The van der Waals surface area contributed by atoms with Crippen LogP contribution in [0.1, 0.15) is 15.9 Å². The zero-order chi connectivity index (χ0) is 19.7. The van der Waals surface area contributed by atoms with Crippen LogP contribution in [0.25, 0.3) is 10.9 Å². The van der Waals surface area contributed by atoms with Crippen molar-refractivity contribution in [3.63, 3.8) is 0 Å². The molecule has 6 nitrogen and oxygen atoms in total. The van der Waals surface area contributed by atoms with E-state index in [0.717, 1.165) is 23.1 Å². The number of halogens is 2. The molecule has 0 radical (unpaired) electrons. The van der Waals surface area contributed by atoms with E-state index in [4.69, 9.17) is 4.74 Å². The van der Waals surface area contributed by atoms with Gasteiger partial charge in [-0.25, -0.2) is 8.78 Å². The van der Waals surface area contributed by atoms with Gasteiger partial charge in [0.2, 0.25) is 0 Å². The molecular formula is C19H16F2N2O4. The van der Waals surface area contributed by atoms with Gasteiger partial charge in [0.05, 0.1) is 17.8 Å². The molecule has 0 unspecified atom stereocenters. The molecule has 140 valence electrons. The monoisotopic (exact) mass is 374 g/mol. The van der Waals surface area contributed by atoms with E-state index in [-0.39, 0.29) is 17.7 Å². The minimum absolute atomic E-state index is 0.138. The highest BCUT2D eigenvalue weighted by Crippen LogP contribution is 2.30. The Kier molecular flexibility index (Phi) is 4.91. The molecule has 0 atom stereocenters. The Labute approximate surface area is 152 Å². The summed E-state index contributed by atoms with van der Waals surface area (Å²) in [6.45, 7) is 0.138. The van der Waals surface area contributed by atoms with Gasteiger partial charge in [-0.15, -0.1) is 0 Å². The predicted molar refractivity (Wildman–Crippen MR) is 96.0 cm³/mol. The smallest absolute Gasteiger partial charge is 0.267 e. The summed E-state index contributed by atoms with van der Waals surface area (Å²) in [6.07, 6.45) is 0. The lowest BCUT2D eigenvalue weighted by molar-refractivity contribution is 0.0988. The molecule has 1 amide bonds. The Morgan fingerprint density at radius 3 is 2.70 bits per heavy atom. The number of H-pyrrole nitrogens is 1. The number of anilines is 1. The number of hydrogen-bond acceptors (Lipinski definition) is 4. The van der Waals surface area contributed by atoms with Crippen LogP contribution in [0.15, 0.2) is 41.2 Å². The standard InChI is InChI=1S/C19H16F2N2O4/c1-23(14-8-11(20)6-7-12(14)21)19(26)16-17(24)15-10(9-27-2)4-3-5-13(15)22-18(16)25/h3-8H,9H2,1-2H3,(H2,22,24,25). The summed E-state index contributed by atoms with van der Waals surface area (Å²) in [6, 6.07) is 7.52. The van der Waals surface area contributed by atoms with E-state index >= 15 is 0 Å². The fraction of sp³-hybridized carbons (Fsp3) is 0.158. The molecule has 8 heteroatoms. The molecule has 1 aromatic heterocycles. The van der Waals surface area contributed by atoms with Crippen molar-refractivity contribution in [1.29, 1.82) is 0 Å². The van der Waals surface area contributed by atoms with Gasteiger partial charge in [-0.3, -0.25) is 9.59 Å². The van der Waals surface area contributed by atoms with Crippen LogP contribution in [0.2, 0.25) is 0 Å². The normalized spacial score (nSPS) is 11.0. The molecule has 2 aromatic carbocycles. The number of aromatic amines is 1. The molecule has 0 fully saturated rings. The van der Waals surface area contributed by atoms with Crippen LogP contribution in [-0.2, 0) is 11.3 Å². The maximum absolute atomic E-state index is 14.0. The van der Waals surface area contributed by atoms with Gasteiger partial charge >= 0.3 is 0 Å². The number of methoxy groups -OCH3 is 1. The van der Waals surface area contributed by atoms with Crippen LogP contribution in [0.4, 0.5) is 14.5 Å². The van der Waals surface area contributed by atoms with Crippen LogP contribution in [0.5, 0.6) is 5.75 Å². The molecule has 3 rings (SSSR count). The highest BCUT2D eigenvalue weighted by Gasteiger charge is 2.25. The second-order valence-electron chi connectivity index (χ2n) is 5.91. The number of amides is 1. The van der Waals surface area contributed by atoms with Crippen molar-refractivity contribution < 1.29 is 23.4 Å². The van der Waals surface area contributed by atoms with Crippen molar-refractivity contribution in [2.75, 3.05) is 19.1 Å². The average molecular weight is 374 g/mol. The maximum Gasteiger partial charge on any atom is 0.267 e. The summed E-state index contributed by atoms with van der Waals surface area (Å²) in [5, 5.41) is 10.9. The second-order valence-corrected chi connectivity index (χ2v) is 5.91. The fourth-order valence-electron chi connectivity index (χ4n) is 2.90. The van der Waals surface area contributed by atoms with E-state index in [1.165, 1.54) is 14.2 Å². The average Bonchev–Trinajstić information content (AvgIpc) is 2.63. The third-order valence-electron chi connectivity index (χ3n) is 4.19. The van der Waals surface area contributed by atoms with E-state index in [0.29, 0.717) is 11.1 Å². The van der Waals surface area contributed by atoms with Crippen molar-refractivity contribution in [1.82, 2.24) is 4.98 Å². The van der Waals surface area contributed by atoms with E-state index in [2.05, 4.69) is 4.98 Å². The molecule has 0 spiro atoms. The first-order valence-electron chi connectivity index (χ1n) is 7.94. The predicted octanol–water partition coefficient (Wildman–Crippen LogP) is 2.93. The summed E-state index contributed by atoms with van der Waals surface area (Å²) in [5.41, 5.74) is -0.898. The van der Waals surface area contributed by atoms with E-state index in [9.17, 15) is 23.5 Å². The Bertz CT molecular complexity index is 1090. The molecule has 1 heterocycles. The molecule has 0 aliphatic carbocycles. The summed E-state index contributed by atoms with van der Waals surface area (Å²) in [4.78, 5) is 28.5. The van der Waals surface area contributed by atoms with Gasteiger partial charge in [0.15, 0.2) is 0 Å². The van der Waals surface area contributed by atoms with Gasteiger partial charge < -0.3 is 19.7 Å². The molecule has 0 aliphatic rings. The first-order valence-corrected chi connectivity index (χ1v) is 7.94. The molecule has 0 aliphatic heterocycles. The van der Waals surface area contributed by atoms with Crippen LogP contribution in [0, 0.1) is 11.6 Å². The van der Waals surface area contributed by atoms with Crippen LogP contribution < -0.4 is 10.5 Å². The minimum Gasteiger partial charge on any atom is -0.506 e. The number of hydrogen-bond donors (Lipinski definition) is 2. The van der Waals surface area contributed by atoms with Gasteiger partial charge in [0.25, 0.3) is 11.5 Å². The third kappa shape index (κ3) is 3.26. The van der Waals surface area contributed by atoms with E-state index in [1.54, 1.807) is 18.2 Å². The van der Waals surface area contributed by atoms with Gasteiger partial charge in [0.1, 0.15) is 22.9 Å². The van der Waals surface area contributed by atoms with E-state index in [1.807, 2.05) is 0 Å². The zero-order valence-corrected chi connectivity index (χ0v) is 14.5. The summed E-state index contributed by atoms with van der Waals surface area (Å²) in [7, 11) is 2.65. The Balaban J connectivity index is 2.18. The molecular weight excluding hydrogens is 358 g/mol. The number of rotatable bonds is 4. The van der Waals surface area contributed by atoms with Gasteiger partial charge in [-0.1, -0.05) is 12.1 Å². The number of aromatic hydroxyl groups is 1. The van der Waals surface area contributed by atoms with Crippen LogP contribution in [-0.4, -0.2) is 30.2 Å². The Hall–Kier alpha value is -3.26. The highest BCUT2D eigenvalue weighted by atomic mass is 19.1. The molecule has 0 saturated carbocycles. The summed E-state index contributed by atoms with van der Waals surface area (Å²) >= 11 is 0. The fourth-order valence-corrected chi connectivity index (χ4v) is 2.90. The second kappa shape index (κ2) is 7.16. The topological polar surface area (TPSA) is 82.6 Å². The van der Waals surface area contributed by atoms with Crippen molar-refractivity contribution in [3.8, 4) is 5.75 Å². The van der Waals surface area contributed by atoms with Gasteiger partial charge in [0, 0.05) is 25.6 Å². The van der Waals surface area contributed by atoms with Crippen molar-refractivity contribution in [2.45, 2.75) is 6.61 Å². The zero-order valence-electron chi connectivity index (χ0n) is 14.5. The van der Waals surface area contributed by atoms with Crippen LogP contribution in [0.3, 0.4) is 0 Å². The molecule has 0 saturated heterocycles. The lowest BCUT2D eigenvalue weighted by Gasteiger charge is -2.19. The van der Waals surface area contributed by atoms with Gasteiger partial charge in [-0.05, 0) is 23.8 Å². The van der Waals surface area contributed by atoms with E-state index < -0.39 is 34.4 Å². The maximum atomic E-state index is 14.0. The van der Waals surface area contributed by atoms with Crippen molar-refractivity contribution in [2.24, 2.45) is 0 Å². The number of pyridine rings is 1. The number of benzene rings is 2. The number of fused-ring (bicyclic) bond motifs is 1. The molecule has 3 aromatic rings. The Morgan fingerprint density at radius 2 is 2.00 bits per heavy atom. The molecule has 27 heavy (non-hydrogen) atoms. The first kappa shape index (κ1) is 18.5. The minimum atomic E-state index is -0.979. The Morgan fingerprint density at radius 1 is 1.26 bits per heavy atom.